The van der Waals surface area contributed by atoms with E-state index in [-0.39, 0.29) is 11.0 Å². The minimum Gasteiger partial charge on any atom is -0.293 e. The topological polar surface area (TPSA) is 87.2 Å². The molecule has 26 heavy (non-hydrogen) atoms. The van der Waals surface area contributed by atoms with Gasteiger partial charge in [0.1, 0.15) is 6.54 Å². The highest BCUT2D eigenvalue weighted by atomic mass is 32.2. The SMILES string of the molecule is FC(F)(F)Cn1c(SCc2nnnn2C2CC2)nnc1-c1ccncc1. The van der Waals surface area contributed by atoms with Gasteiger partial charge in [0.15, 0.2) is 16.8 Å². The number of rotatable bonds is 6. The first kappa shape index (κ1) is 16.9. The van der Waals surface area contributed by atoms with Gasteiger partial charge in [0.05, 0.1) is 11.8 Å². The second-order valence-corrected chi connectivity index (χ2v) is 6.75. The first-order chi connectivity index (χ1) is 12.5. The summed E-state index contributed by atoms with van der Waals surface area (Å²) >= 11 is 1.13. The van der Waals surface area contributed by atoms with Gasteiger partial charge in [-0.25, -0.2) is 4.68 Å². The Morgan fingerprint density at radius 2 is 1.88 bits per heavy atom. The van der Waals surface area contributed by atoms with Crippen LogP contribution in [0, 0.1) is 0 Å². The Kier molecular flexibility index (Phi) is 4.34. The van der Waals surface area contributed by atoms with Crippen molar-refractivity contribution in [3.8, 4) is 11.4 Å². The third-order valence-corrected chi connectivity index (χ3v) is 4.74. The van der Waals surface area contributed by atoms with Crippen molar-refractivity contribution in [1.29, 1.82) is 0 Å². The van der Waals surface area contributed by atoms with E-state index in [1.54, 1.807) is 16.8 Å². The number of thioether (sulfide) groups is 1. The predicted molar refractivity (Wildman–Crippen MR) is 85.0 cm³/mol. The molecule has 12 heteroatoms. The highest BCUT2D eigenvalue weighted by molar-refractivity contribution is 7.98. The lowest BCUT2D eigenvalue weighted by molar-refractivity contribution is -0.141. The summed E-state index contributed by atoms with van der Waals surface area (Å²) in [5, 5.41) is 19.6. The summed E-state index contributed by atoms with van der Waals surface area (Å²) < 4.78 is 41.9. The predicted octanol–water partition coefficient (Wildman–Crippen LogP) is 2.52. The molecule has 136 valence electrons. The average Bonchev–Trinajstić information content (AvgIpc) is 3.22. The van der Waals surface area contributed by atoms with Crippen LogP contribution in [0.5, 0.6) is 0 Å². The summed E-state index contributed by atoms with van der Waals surface area (Å²) in [7, 11) is 0. The van der Waals surface area contributed by atoms with Crippen LogP contribution in [0.25, 0.3) is 11.4 Å². The Morgan fingerprint density at radius 1 is 1.12 bits per heavy atom. The molecule has 1 saturated carbocycles. The molecule has 1 aliphatic carbocycles. The molecule has 0 aliphatic heterocycles. The molecule has 0 saturated heterocycles. The summed E-state index contributed by atoms with van der Waals surface area (Å²) in [4.78, 5) is 3.87. The molecule has 0 atom stereocenters. The number of pyridine rings is 1. The van der Waals surface area contributed by atoms with Crippen LogP contribution in [-0.2, 0) is 12.3 Å². The normalized spacial score (nSPS) is 14.7. The van der Waals surface area contributed by atoms with Crippen molar-refractivity contribution in [3.63, 3.8) is 0 Å². The molecule has 1 aliphatic rings. The first-order valence-electron chi connectivity index (χ1n) is 7.81. The Bertz CT molecular complexity index is 887. The van der Waals surface area contributed by atoms with Crippen LogP contribution < -0.4 is 0 Å². The Labute approximate surface area is 149 Å². The Balaban J connectivity index is 1.60. The molecule has 3 aromatic heterocycles. The number of hydrogen-bond acceptors (Lipinski definition) is 7. The molecule has 8 nitrogen and oxygen atoms in total. The molecular weight excluding hydrogens is 369 g/mol. The van der Waals surface area contributed by atoms with Gasteiger partial charge in [-0.2, -0.15) is 13.2 Å². The van der Waals surface area contributed by atoms with E-state index >= 15 is 0 Å². The number of alkyl halides is 3. The van der Waals surface area contributed by atoms with Crippen molar-refractivity contribution in [2.45, 2.75) is 42.5 Å². The average molecular weight is 382 g/mol. The Hall–Kier alpha value is -2.50. The molecule has 0 amide bonds. The van der Waals surface area contributed by atoms with Gasteiger partial charge in [-0.05, 0) is 35.4 Å². The van der Waals surface area contributed by atoms with E-state index in [9.17, 15) is 13.2 Å². The largest absolute Gasteiger partial charge is 0.406 e. The van der Waals surface area contributed by atoms with E-state index in [2.05, 4.69) is 30.7 Å². The van der Waals surface area contributed by atoms with Crippen LogP contribution in [0.15, 0.2) is 29.7 Å². The van der Waals surface area contributed by atoms with E-state index in [4.69, 9.17) is 0 Å². The maximum Gasteiger partial charge on any atom is 0.406 e. The van der Waals surface area contributed by atoms with Crippen molar-refractivity contribution < 1.29 is 13.2 Å². The van der Waals surface area contributed by atoms with Crippen LogP contribution in [0.3, 0.4) is 0 Å². The minimum absolute atomic E-state index is 0.147. The van der Waals surface area contributed by atoms with E-state index in [1.807, 2.05) is 0 Å². The minimum atomic E-state index is -4.39. The monoisotopic (exact) mass is 382 g/mol. The maximum atomic E-state index is 13.1. The smallest absolute Gasteiger partial charge is 0.293 e. The summed E-state index contributed by atoms with van der Waals surface area (Å²) in [5.41, 5.74) is 0.520. The zero-order chi connectivity index (χ0) is 18.1. The van der Waals surface area contributed by atoms with Gasteiger partial charge < -0.3 is 0 Å². The van der Waals surface area contributed by atoms with Crippen LogP contribution >= 0.6 is 11.8 Å². The molecule has 0 radical (unpaired) electrons. The molecular formula is C14H13F3N8S. The van der Waals surface area contributed by atoms with Gasteiger partial charge in [0.25, 0.3) is 0 Å². The summed E-state index contributed by atoms with van der Waals surface area (Å²) in [6.45, 7) is -1.17. The standard InChI is InChI=1S/C14H13F3N8S/c15-14(16,17)8-24-12(9-3-5-18-6-4-9)20-21-13(24)26-7-11-19-22-23-25(11)10-1-2-10/h3-6,10H,1-2,7-8H2. The number of nitrogens with zero attached hydrogens (tertiary/aromatic N) is 8. The second-order valence-electron chi connectivity index (χ2n) is 5.80. The zero-order valence-electron chi connectivity index (χ0n) is 13.3. The van der Waals surface area contributed by atoms with Gasteiger partial charge in [0, 0.05) is 18.0 Å². The van der Waals surface area contributed by atoms with E-state index < -0.39 is 12.7 Å². The van der Waals surface area contributed by atoms with Crippen molar-refractivity contribution in [3.05, 3.63) is 30.4 Å². The number of aromatic nitrogens is 8. The van der Waals surface area contributed by atoms with Crippen molar-refractivity contribution in [1.82, 2.24) is 40.0 Å². The van der Waals surface area contributed by atoms with Crippen LogP contribution in [0.1, 0.15) is 24.7 Å². The molecule has 0 bridgehead atoms. The van der Waals surface area contributed by atoms with Gasteiger partial charge in [-0.15, -0.1) is 15.3 Å². The van der Waals surface area contributed by atoms with Crippen LogP contribution in [0.4, 0.5) is 13.2 Å². The van der Waals surface area contributed by atoms with Crippen molar-refractivity contribution >= 4 is 11.8 Å². The third-order valence-electron chi connectivity index (χ3n) is 3.78. The molecule has 3 heterocycles. The number of hydrogen-bond donors (Lipinski definition) is 0. The lowest BCUT2D eigenvalue weighted by Gasteiger charge is -2.12. The molecule has 3 aromatic rings. The van der Waals surface area contributed by atoms with Gasteiger partial charge in [-0.1, -0.05) is 11.8 Å². The molecule has 0 N–H and O–H groups in total. The molecule has 0 unspecified atom stereocenters. The summed E-state index contributed by atoms with van der Waals surface area (Å²) in [6.07, 6.45) is 0.629. The van der Waals surface area contributed by atoms with E-state index in [1.165, 1.54) is 12.4 Å². The lowest BCUT2D eigenvalue weighted by atomic mass is 10.2. The zero-order valence-corrected chi connectivity index (χ0v) is 14.2. The number of tetrazole rings is 1. The molecule has 0 aromatic carbocycles. The highest BCUT2D eigenvalue weighted by Gasteiger charge is 2.32. The fourth-order valence-corrected chi connectivity index (χ4v) is 3.32. The fraction of sp³-hybridized carbons (Fsp3) is 0.429. The maximum absolute atomic E-state index is 13.1. The van der Waals surface area contributed by atoms with Crippen molar-refractivity contribution in [2.75, 3.05) is 0 Å². The third kappa shape index (κ3) is 3.69. The fourth-order valence-electron chi connectivity index (χ4n) is 2.47. The van der Waals surface area contributed by atoms with E-state index in [0.29, 0.717) is 23.2 Å². The Morgan fingerprint density at radius 3 is 2.58 bits per heavy atom. The van der Waals surface area contributed by atoms with Gasteiger partial charge >= 0.3 is 6.18 Å². The lowest BCUT2D eigenvalue weighted by Crippen LogP contribution is -2.19. The quantitative estimate of drug-likeness (QED) is 0.606. The molecule has 1 fully saturated rings. The molecule has 0 spiro atoms. The van der Waals surface area contributed by atoms with Gasteiger partial charge in [-0.3, -0.25) is 9.55 Å². The van der Waals surface area contributed by atoms with E-state index in [0.717, 1.165) is 29.2 Å². The summed E-state index contributed by atoms with van der Waals surface area (Å²) in [6, 6.07) is 3.49. The molecule has 4 rings (SSSR count). The second kappa shape index (κ2) is 6.67. The summed E-state index contributed by atoms with van der Waals surface area (Å²) in [5.74, 6) is 1.08. The van der Waals surface area contributed by atoms with Crippen LogP contribution in [0.2, 0.25) is 0 Å². The first-order valence-corrected chi connectivity index (χ1v) is 8.80. The number of halogens is 3. The highest BCUT2D eigenvalue weighted by Crippen LogP contribution is 2.36. The van der Waals surface area contributed by atoms with Gasteiger partial charge in [0.2, 0.25) is 0 Å². The van der Waals surface area contributed by atoms with Crippen LogP contribution in [-0.4, -0.2) is 46.1 Å². The van der Waals surface area contributed by atoms with Crippen molar-refractivity contribution in [2.24, 2.45) is 0 Å².